The van der Waals surface area contributed by atoms with Gasteiger partial charge in [-0.3, -0.25) is 9.48 Å². The van der Waals surface area contributed by atoms with Crippen molar-refractivity contribution < 1.29 is 9.53 Å². The summed E-state index contributed by atoms with van der Waals surface area (Å²) < 4.78 is 9.80. The zero-order chi connectivity index (χ0) is 24.3. The molecule has 2 aromatic heterocycles. The van der Waals surface area contributed by atoms with Gasteiger partial charge in [0.2, 0.25) is 5.91 Å². The van der Waals surface area contributed by atoms with E-state index in [1.165, 1.54) is 0 Å². The normalized spacial score (nSPS) is 16.2. The van der Waals surface area contributed by atoms with Gasteiger partial charge in [0, 0.05) is 23.5 Å². The summed E-state index contributed by atoms with van der Waals surface area (Å²) in [6.07, 6.45) is 10.3. The van der Waals surface area contributed by atoms with Crippen molar-refractivity contribution in [3.8, 4) is 0 Å². The molecule has 5 aromatic rings. The summed E-state index contributed by atoms with van der Waals surface area (Å²) >= 11 is 0. The molecule has 1 aliphatic heterocycles. The second-order valence-corrected chi connectivity index (χ2v) is 9.08. The average Bonchev–Trinajstić information content (AvgIpc) is 3.53. The number of hydrogen-bond acceptors (Lipinski definition) is 4. The maximum absolute atomic E-state index is 12.9. The molecule has 1 fully saturated rings. The lowest BCUT2D eigenvalue weighted by Crippen LogP contribution is -2.18. The van der Waals surface area contributed by atoms with E-state index in [2.05, 4.69) is 33.7 Å². The summed E-state index contributed by atoms with van der Waals surface area (Å²) in [5.74, 6) is -0.195. The largest absolute Gasteiger partial charge is 0.356 e. The standard InChI is InChI=1S/C29H27N5O2/c35-27(15-13-21-12-14-23-18-31-34(26(23)17-21)28-11-4-5-16-36-28)32-25-10-6-9-24-19-30-33(29(24)25)20-22-7-2-1-3-8-22/h1-3,6-10,12-15,17-19,28H,4-5,11,16,20H2,(H,32,35)/b15-13+. The summed E-state index contributed by atoms with van der Waals surface area (Å²) in [5, 5.41) is 14.2. The van der Waals surface area contributed by atoms with E-state index in [0.717, 1.165) is 64.5 Å². The van der Waals surface area contributed by atoms with Gasteiger partial charge in [-0.25, -0.2) is 4.68 Å². The molecule has 0 spiro atoms. The molecule has 1 aliphatic rings. The number of benzene rings is 3. The highest BCUT2D eigenvalue weighted by Gasteiger charge is 2.18. The maximum Gasteiger partial charge on any atom is 0.248 e. The van der Waals surface area contributed by atoms with Crippen LogP contribution in [0.5, 0.6) is 0 Å². The first-order chi connectivity index (χ1) is 17.7. The molecule has 1 saturated heterocycles. The highest BCUT2D eigenvalue weighted by molar-refractivity contribution is 6.06. The highest BCUT2D eigenvalue weighted by Crippen LogP contribution is 2.27. The summed E-state index contributed by atoms with van der Waals surface area (Å²) in [7, 11) is 0. The van der Waals surface area contributed by atoms with Crippen LogP contribution in [0.2, 0.25) is 0 Å². The van der Waals surface area contributed by atoms with Crippen LogP contribution in [0.3, 0.4) is 0 Å². The van der Waals surface area contributed by atoms with Crippen LogP contribution in [0.1, 0.15) is 36.6 Å². The van der Waals surface area contributed by atoms with Crippen LogP contribution < -0.4 is 5.32 Å². The molecule has 3 heterocycles. The third-order valence-electron chi connectivity index (χ3n) is 6.57. The van der Waals surface area contributed by atoms with Crippen LogP contribution in [0.15, 0.2) is 85.2 Å². The van der Waals surface area contributed by atoms with Crippen molar-refractivity contribution >= 4 is 39.5 Å². The monoisotopic (exact) mass is 477 g/mol. The summed E-state index contributed by atoms with van der Waals surface area (Å²) in [6, 6.07) is 22.1. The predicted octanol–water partition coefficient (Wildman–Crippen LogP) is 5.79. The van der Waals surface area contributed by atoms with E-state index in [0.29, 0.717) is 6.54 Å². The Morgan fingerprint density at radius 2 is 1.89 bits per heavy atom. The number of carbonyl (C=O) groups is 1. The first-order valence-corrected chi connectivity index (χ1v) is 12.3. The van der Waals surface area contributed by atoms with Gasteiger partial charge in [-0.05, 0) is 48.6 Å². The Labute approximate surface area is 209 Å². The first-order valence-electron chi connectivity index (χ1n) is 12.3. The van der Waals surface area contributed by atoms with E-state index >= 15 is 0 Å². The van der Waals surface area contributed by atoms with Gasteiger partial charge in [-0.15, -0.1) is 0 Å². The Bertz CT molecular complexity index is 1540. The topological polar surface area (TPSA) is 74.0 Å². The predicted molar refractivity (Wildman–Crippen MR) is 142 cm³/mol. The van der Waals surface area contributed by atoms with Crippen molar-refractivity contribution in [2.24, 2.45) is 0 Å². The molecule has 180 valence electrons. The number of nitrogens with one attached hydrogen (secondary N) is 1. The lowest BCUT2D eigenvalue weighted by atomic mass is 10.1. The third-order valence-corrected chi connectivity index (χ3v) is 6.57. The van der Waals surface area contributed by atoms with Gasteiger partial charge in [-0.2, -0.15) is 10.2 Å². The molecule has 0 bridgehead atoms. The summed E-state index contributed by atoms with van der Waals surface area (Å²) in [4.78, 5) is 12.9. The van der Waals surface area contributed by atoms with Crippen LogP contribution in [-0.2, 0) is 16.1 Å². The minimum absolute atomic E-state index is 0.0278. The molecule has 7 heteroatoms. The number of aromatic nitrogens is 4. The molecule has 1 atom stereocenters. The van der Waals surface area contributed by atoms with Crippen LogP contribution in [0.25, 0.3) is 27.9 Å². The summed E-state index contributed by atoms with van der Waals surface area (Å²) in [6.45, 7) is 1.40. The minimum atomic E-state index is -0.195. The van der Waals surface area contributed by atoms with Gasteiger partial charge in [0.15, 0.2) is 6.23 Å². The van der Waals surface area contributed by atoms with Crippen LogP contribution in [0.4, 0.5) is 5.69 Å². The fraction of sp³-hybridized carbons (Fsp3) is 0.207. The molecule has 7 nitrogen and oxygen atoms in total. The van der Waals surface area contributed by atoms with E-state index in [9.17, 15) is 4.79 Å². The number of ether oxygens (including phenoxy) is 1. The van der Waals surface area contributed by atoms with Gasteiger partial charge in [-0.1, -0.05) is 54.6 Å². The number of rotatable bonds is 6. The average molecular weight is 478 g/mol. The van der Waals surface area contributed by atoms with E-state index in [-0.39, 0.29) is 12.1 Å². The Kier molecular flexibility index (Phi) is 6.05. The van der Waals surface area contributed by atoms with Crippen molar-refractivity contribution in [2.75, 3.05) is 11.9 Å². The Hall–Kier alpha value is -4.23. The molecule has 36 heavy (non-hydrogen) atoms. The van der Waals surface area contributed by atoms with Crippen molar-refractivity contribution in [1.29, 1.82) is 0 Å². The molecule has 3 aromatic carbocycles. The number of fused-ring (bicyclic) bond motifs is 2. The number of nitrogens with zero attached hydrogens (tertiary/aromatic N) is 4. The van der Waals surface area contributed by atoms with E-state index < -0.39 is 0 Å². The van der Waals surface area contributed by atoms with E-state index in [1.54, 1.807) is 6.08 Å². The minimum Gasteiger partial charge on any atom is -0.356 e. The number of carbonyl (C=O) groups excluding carboxylic acids is 1. The van der Waals surface area contributed by atoms with Crippen LogP contribution in [0, 0.1) is 0 Å². The zero-order valence-electron chi connectivity index (χ0n) is 19.9. The maximum atomic E-state index is 12.9. The van der Waals surface area contributed by atoms with Gasteiger partial charge >= 0.3 is 0 Å². The van der Waals surface area contributed by atoms with Gasteiger partial charge in [0.1, 0.15) is 0 Å². The van der Waals surface area contributed by atoms with Crippen LogP contribution in [-0.4, -0.2) is 32.1 Å². The van der Waals surface area contributed by atoms with Crippen LogP contribution >= 0.6 is 0 Å². The fourth-order valence-electron chi connectivity index (χ4n) is 4.77. The molecule has 1 N–H and O–H groups in total. The number of amides is 1. The Morgan fingerprint density at radius 3 is 2.75 bits per heavy atom. The smallest absolute Gasteiger partial charge is 0.248 e. The second kappa shape index (κ2) is 9.79. The zero-order valence-corrected chi connectivity index (χ0v) is 19.9. The first kappa shape index (κ1) is 22.2. The Morgan fingerprint density at radius 1 is 1.00 bits per heavy atom. The van der Waals surface area contributed by atoms with Crippen molar-refractivity contribution in [3.63, 3.8) is 0 Å². The molecular weight excluding hydrogens is 450 g/mol. The number of anilines is 1. The lowest BCUT2D eigenvalue weighted by Gasteiger charge is -2.23. The fourth-order valence-corrected chi connectivity index (χ4v) is 4.77. The number of hydrogen-bond donors (Lipinski definition) is 1. The van der Waals surface area contributed by atoms with Gasteiger partial charge < -0.3 is 10.1 Å². The molecule has 0 saturated carbocycles. The molecule has 0 radical (unpaired) electrons. The second-order valence-electron chi connectivity index (χ2n) is 9.08. The third kappa shape index (κ3) is 4.53. The molecule has 1 unspecified atom stereocenters. The van der Waals surface area contributed by atoms with Gasteiger partial charge in [0.05, 0.1) is 35.7 Å². The van der Waals surface area contributed by atoms with Gasteiger partial charge in [0.25, 0.3) is 0 Å². The van der Waals surface area contributed by atoms with E-state index in [4.69, 9.17) is 4.74 Å². The van der Waals surface area contributed by atoms with Crippen molar-refractivity contribution in [3.05, 3.63) is 96.3 Å². The molecule has 0 aliphatic carbocycles. The quantitative estimate of drug-likeness (QED) is 0.314. The lowest BCUT2D eigenvalue weighted by molar-refractivity contribution is -0.111. The van der Waals surface area contributed by atoms with Crippen molar-refractivity contribution in [1.82, 2.24) is 19.6 Å². The Balaban J connectivity index is 1.22. The van der Waals surface area contributed by atoms with Crippen molar-refractivity contribution in [2.45, 2.75) is 32.0 Å². The molecular formula is C29H27N5O2. The molecule has 6 rings (SSSR count). The summed E-state index contributed by atoms with van der Waals surface area (Å²) in [5.41, 5.74) is 4.73. The highest BCUT2D eigenvalue weighted by atomic mass is 16.5. The number of para-hydroxylation sites is 1. The van der Waals surface area contributed by atoms with E-state index in [1.807, 2.05) is 76.4 Å². The molecule has 1 amide bonds. The SMILES string of the molecule is O=C(/C=C/c1ccc2cnn(C3CCCCO3)c2c1)Nc1cccc2cnn(Cc3ccccc3)c12.